The number of carbonyl (C=O) groups excluding carboxylic acids is 1. The Morgan fingerprint density at radius 3 is 2.30 bits per heavy atom. The van der Waals surface area contributed by atoms with Gasteiger partial charge in [0.2, 0.25) is 15.9 Å². The van der Waals surface area contributed by atoms with E-state index in [0.29, 0.717) is 11.4 Å². The molecular weight excluding hydrogens is 426 g/mol. The molecule has 0 spiro atoms. The molecule has 2 aromatic rings. The molecule has 0 aliphatic carbocycles. The van der Waals surface area contributed by atoms with Crippen molar-refractivity contribution in [3.05, 3.63) is 59.7 Å². The number of nitrogens with one attached hydrogen (secondary N) is 2. The average Bonchev–Trinajstić information content (AvgIpc) is 2.66. The second-order valence-electron chi connectivity index (χ2n) is 7.39. The maximum atomic E-state index is 13.2. The zero-order valence-electron chi connectivity index (χ0n) is 16.8. The summed E-state index contributed by atoms with van der Waals surface area (Å²) in [5.41, 5.74) is 2.31. The van der Waals surface area contributed by atoms with Crippen LogP contribution in [0.1, 0.15) is 17.2 Å². The smallest absolute Gasteiger partial charge is 0.246 e. The van der Waals surface area contributed by atoms with Gasteiger partial charge in [0.15, 0.2) is 9.84 Å². The quantitative estimate of drug-likeness (QED) is 0.692. The minimum Gasteiger partial charge on any atom is -0.324 e. The largest absolute Gasteiger partial charge is 0.324 e. The fraction of sp³-hybridized carbons (Fsp3) is 0.350. The first-order valence-electron chi connectivity index (χ1n) is 9.43. The van der Waals surface area contributed by atoms with E-state index in [4.69, 9.17) is 0 Å². The highest BCUT2D eigenvalue weighted by Gasteiger charge is 2.32. The molecule has 10 heteroatoms. The molecule has 30 heavy (non-hydrogen) atoms. The summed E-state index contributed by atoms with van der Waals surface area (Å²) in [7, 11) is -6.54. The summed E-state index contributed by atoms with van der Waals surface area (Å²) in [6.45, 7) is 2.30. The molecule has 0 bridgehead atoms. The van der Waals surface area contributed by atoms with Gasteiger partial charge in [-0.2, -0.15) is 0 Å². The van der Waals surface area contributed by atoms with Crippen LogP contribution < -0.4 is 10.0 Å². The van der Waals surface area contributed by atoms with Gasteiger partial charge in [0.05, 0.1) is 23.4 Å². The minimum atomic E-state index is -3.46. The molecule has 1 atom stereocenters. The first-order valence-corrected chi connectivity index (χ1v) is 13.1. The van der Waals surface area contributed by atoms with Gasteiger partial charge in [-0.05, 0) is 30.2 Å². The van der Waals surface area contributed by atoms with E-state index in [1.165, 1.54) is 0 Å². The van der Waals surface area contributed by atoms with E-state index in [9.17, 15) is 21.6 Å². The molecule has 0 saturated carbocycles. The van der Waals surface area contributed by atoms with Crippen LogP contribution in [-0.2, 0) is 24.7 Å². The number of sulfonamides is 1. The fourth-order valence-electron chi connectivity index (χ4n) is 3.37. The zero-order chi connectivity index (χ0) is 21.9. The van der Waals surface area contributed by atoms with Gasteiger partial charge in [0.1, 0.15) is 6.04 Å². The lowest BCUT2D eigenvalue weighted by Gasteiger charge is -2.33. The molecule has 1 saturated heterocycles. The van der Waals surface area contributed by atoms with Crippen LogP contribution in [0.25, 0.3) is 0 Å². The lowest BCUT2D eigenvalue weighted by Crippen LogP contribution is -2.46. The summed E-state index contributed by atoms with van der Waals surface area (Å²) in [5, 5.41) is 2.85. The van der Waals surface area contributed by atoms with Crippen molar-refractivity contribution < 1.29 is 21.6 Å². The van der Waals surface area contributed by atoms with Crippen molar-refractivity contribution in [2.24, 2.45) is 0 Å². The second-order valence-corrected chi connectivity index (χ2v) is 11.4. The molecule has 1 fully saturated rings. The SMILES string of the molecule is Cc1ccc(NC(=O)C(c2ccccc2)N2CCS(=O)(=O)CC2)cc1NS(C)(=O)=O. The van der Waals surface area contributed by atoms with Crippen molar-refractivity contribution in [3.63, 3.8) is 0 Å². The second kappa shape index (κ2) is 8.75. The van der Waals surface area contributed by atoms with Gasteiger partial charge in [0.25, 0.3) is 0 Å². The van der Waals surface area contributed by atoms with Gasteiger partial charge in [-0.25, -0.2) is 16.8 Å². The first kappa shape index (κ1) is 22.3. The van der Waals surface area contributed by atoms with Gasteiger partial charge in [-0.3, -0.25) is 14.4 Å². The predicted octanol–water partition coefficient (Wildman–Crippen LogP) is 1.78. The van der Waals surface area contributed by atoms with E-state index < -0.39 is 25.9 Å². The molecule has 2 aromatic carbocycles. The number of hydrogen-bond acceptors (Lipinski definition) is 6. The number of amides is 1. The molecule has 162 valence electrons. The Hall–Kier alpha value is -2.43. The van der Waals surface area contributed by atoms with Crippen LogP contribution in [0.15, 0.2) is 48.5 Å². The van der Waals surface area contributed by atoms with Crippen LogP contribution in [-0.4, -0.2) is 58.5 Å². The Morgan fingerprint density at radius 1 is 1.07 bits per heavy atom. The fourth-order valence-corrected chi connectivity index (χ4v) is 5.22. The number of carbonyl (C=O) groups is 1. The summed E-state index contributed by atoms with van der Waals surface area (Å²) >= 11 is 0. The molecule has 3 rings (SSSR count). The van der Waals surface area contributed by atoms with Crippen molar-refractivity contribution in [1.82, 2.24) is 4.90 Å². The zero-order valence-corrected chi connectivity index (χ0v) is 18.5. The maximum Gasteiger partial charge on any atom is 0.246 e. The number of benzene rings is 2. The number of hydrogen-bond donors (Lipinski definition) is 2. The number of aryl methyl sites for hydroxylation is 1. The van der Waals surface area contributed by atoms with Gasteiger partial charge in [-0.1, -0.05) is 36.4 Å². The Bertz CT molecular complexity index is 1120. The summed E-state index contributed by atoms with van der Waals surface area (Å²) in [6, 6.07) is 13.5. The van der Waals surface area contributed by atoms with Crippen molar-refractivity contribution in [2.75, 3.05) is 40.9 Å². The summed E-state index contributed by atoms with van der Waals surface area (Å²) in [4.78, 5) is 15.1. The van der Waals surface area contributed by atoms with Gasteiger partial charge in [0, 0.05) is 18.8 Å². The maximum absolute atomic E-state index is 13.2. The van der Waals surface area contributed by atoms with Crippen LogP contribution >= 0.6 is 0 Å². The minimum absolute atomic E-state index is 0.0105. The first-order chi connectivity index (χ1) is 14.0. The topological polar surface area (TPSA) is 113 Å². The predicted molar refractivity (Wildman–Crippen MR) is 118 cm³/mol. The number of sulfone groups is 1. The molecule has 8 nitrogen and oxygen atoms in total. The molecule has 0 aromatic heterocycles. The average molecular weight is 452 g/mol. The van der Waals surface area contributed by atoms with Gasteiger partial charge >= 0.3 is 0 Å². The Morgan fingerprint density at radius 2 is 1.70 bits per heavy atom. The van der Waals surface area contributed by atoms with Crippen LogP contribution in [0.4, 0.5) is 11.4 Å². The van der Waals surface area contributed by atoms with Crippen molar-refractivity contribution in [2.45, 2.75) is 13.0 Å². The third kappa shape index (κ3) is 5.80. The molecule has 1 unspecified atom stereocenters. The van der Waals surface area contributed by atoms with E-state index in [2.05, 4.69) is 10.0 Å². The Labute approximate surface area is 177 Å². The summed E-state index contributed by atoms with van der Waals surface area (Å²) in [5.74, 6) is -0.290. The highest BCUT2D eigenvalue weighted by atomic mass is 32.2. The van der Waals surface area contributed by atoms with Crippen molar-refractivity contribution >= 4 is 37.1 Å². The van der Waals surface area contributed by atoms with Crippen LogP contribution in [0.2, 0.25) is 0 Å². The molecule has 1 aliphatic heterocycles. The molecular formula is C20H25N3O5S2. The van der Waals surface area contributed by atoms with E-state index in [0.717, 1.165) is 17.4 Å². The van der Waals surface area contributed by atoms with E-state index >= 15 is 0 Å². The Kier molecular flexibility index (Phi) is 6.49. The molecule has 2 N–H and O–H groups in total. The molecule has 1 heterocycles. The van der Waals surface area contributed by atoms with E-state index in [1.807, 2.05) is 35.2 Å². The van der Waals surface area contributed by atoms with E-state index in [1.54, 1.807) is 25.1 Å². The number of anilines is 2. The lowest BCUT2D eigenvalue weighted by molar-refractivity contribution is -0.121. The summed E-state index contributed by atoms with van der Waals surface area (Å²) < 4.78 is 49.2. The number of rotatable bonds is 6. The summed E-state index contributed by atoms with van der Waals surface area (Å²) in [6.07, 6.45) is 1.06. The monoisotopic (exact) mass is 451 g/mol. The Balaban J connectivity index is 1.86. The lowest BCUT2D eigenvalue weighted by atomic mass is 10.0. The molecule has 1 aliphatic rings. The van der Waals surface area contributed by atoms with E-state index in [-0.39, 0.29) is 30.5 Å². The third-order valence-corrected chi connectivity index (χ3v) is 7.11. The standard InChI is InChI=1S/C20H25N3O5S2/c1-15-8-9-17(14-18(15)22-29(2,25)26)21-20(24)19(16-6-4-3-5-7-16)23-10-12-30(27,28)13-11-23/h3-9,14,19,22H,10-13H2,1-2H3,(H,21,24). The molecule has 0 radical (unpaired) electrons. The third-order valence-electron chi connectivity index (χ3n) is 4.91. The van der Waals surface area contributed by atoms with Gasteiger partial charge < -0.3 is 5.32 Å². The highest BCUT2D eigenvalue weighted by molar-refractivity contribution is 7.92. The number of nitrogens with zero attached hydrogens (tertiary/aromatic N) is 1. The van der Waals surface area contributed by atoms with Crippen LogP contribution in [0, 0.1) is 6.92 Å². The van der Waals surface area contributed by atoms with Crippen molar-refractivity contribution in [1.29, 1.82) is 0 Å². The van der Waals surface area contributed by atoms with Crippen molar-refractivity contribution in [3.8, 4) is 0 Å². The molecule has 1 amide bonds. The van der Waals surface area contributed by atoms with Crippen LogP contribution in [0.5, 0.6) is 0 Å². The highest BCUT2D eigenvalue weighted by Crippen LogP contribution is 2.26. The van der Waals surface area contributed by atoms with Crippen LogP contribution in [0.3, 0.4) is 0 Å². The van der Waals surface area contributed by atoms with Gasteiger partial charge in [-0.15, -0.1) is 0 Å². The normalized spacial score (nSPS) is 17.8.